The summed E-state index contributed by atoms with van der Waals surface area (Å²) in [6.07, 6.45) is 7.13. The van der Waals surface area contributed by atoms with Crippen LogP contribution in [0.25, 0.3) is 31.3 Å². The Kier molecular flexibility index (Phi) is 9.52. The third-order valence-electron chi connectivity index (χ3n) is 17.4. The molecule has 0 amide bonds. The SMILES string of the molecule is Cc1cc(-c2cc3c(cc2Nc2ccc4c(c2)C(C)(C)CCC4(C)C)C(C)(C)CCC3(C)C)c2c(c1)N(c1cc3c(cc1C)C(C)(C)CCC3(C)C)c1c(ccc3c1sc1ccccc13)[B]2. The Hall–Kier alpha value is -4.80. The van der Waals surface area contributed by atoms with Crippen LogP contribution in [0.15, 0.2) is 91.0 Å². The zero-order valence-electron chi connectivity index (χ0n) is 42.3. The highest BCUT2D eigenvalue weighted by Gasteiger charge is 2.42. The first-order valence-electron chi connectivity index (χ1n) is 25.0. The number of thiophene rings is 1. The van der Waals surface area contributed by atoms with Crippen molar-refractivity contribution in [2.45, 2.75) is 168 Å². The average Bonchev–Trinajstić information content (AvgIpc) is 3.64. The van der Waals surface area contributed by atoms with Crippen LogP contribution in [0.3, 0.4) is 0 Å². The van der Waals surface area contributed by atoms with Crippen molar-refractivity contribution >= 4 is 78.2 Å². The lowest BCUT2D eigenvalue weighted by Crippen LogP contribution is -2.42. The molecular formula is C62H70BN2S. The molecule has 1 radical (unpaired) electrons. The number of aryl methyl sites for hydroxylation is 2. The van der Waals surface area contributed by atoms with Crippen molar-refractivity contribution in [1.82, 2.24) is 0 Å². The summed E-state index contributed by atoms with van der Waals surface area (Å²) in [6.45, 7) is 34.1. The Labute approximate surface area is 400 Å². The molecule has 0 saturated heterocycles. The zero-order chi connectivity index (χ0) is 46.7. The van der Waals surface area contributed by atoms with Gasteiger partial charge in [-0.1, -0.05) is 137 Å². The third-order valence-corrected chi connectivity index (χ3v) is 18.6. The molecule has 0 fully saturated rings. The molecule has 337 valence electrons. The van der Waals surface area contributed by atoms with E-state index in [-0.39, 0.29) is 32.5 Å². The summed E-state index contributed by atoms with van der Waals surface area (Å²) in [5, 5.41) is 6.84. The molecule has 7 aromatic rings. The first kappa shape index (κ1) is 43.8. The first-order valence-corrected chi connectivity index (χ1v) is 25.8. The average molecular weight is 886 g/mol. The van der Waals surface area contributed by atoms with Crippen molar-refractivity contribution in [3.05, 3.63) is 136 Å². The lowest BCUT2D eigenvalue weighted by atomic mass is 9.57. The quantitative estimate of drug-likeness (QED) is 0.177. The predicted molar refractivity (Wildman–Crippen MR) is 290 cm³/mol. The van der Waals surface area contributed by atoms with E-state index in [1.54, 1.807) is 0 Å². The Morgan fingerprint density at radius 2 is 1.06 bits per heavy atom. The van der Waals surface area contributed by atoms with Crippen molar-refractivity contribution in [3.8, 4) is 11.1 Å². The van der Waals surface area contributed by atoms with Crippen LogP contribution in [0.1, 0.15) is 166 Å². The maximum Gasteiger partial charge on any atom is 0.197 e. The van der Waals surface area contributed by atoms with E-state index >= 15 is 0 Å². The fraction of sp³-hybridized carbons (Fsp3) is 0.419. The van der Waals surface area contributed by atoms with Crippen LogP contribution in [0, 0.1) is 13.8 Å². The van der Waals surface area contributed by atoms with Crippen LogP contribution in [0.4, 0.5) is 28.4 Å². The molecule has 4 aliphatic rings. The lowest BCUT2D eigenvalue weighted by Gasteiger charge is -2.44. The molecule has 0 spiro atoms. The maximum atomic E-state index is 4.16. The van der Waals surface area contributed by atoms with Crippen LogP contribution < -0.4 is 21.1 Å². The fourth-order valence-electron chi connectivity index (χ4n) is 12.7. The van der Waals surface area contributed by atoms with E-state index in [1.807, 2.05) is 11.3 Å². The van der Waals surface area contributed by atoms with Gasteiger partial charge in [-0.2, -0.15) is 0 Å². The van der Waals surface area contributed by atoms with Crippen LogP contribution in [-0.2, 0) is 32.5 Å². The van der Waals surface area contributed by atoms with Crippen molar-refractivity contribution in [2.75, 3.05) is 10.2 Å². The Bertz CT molecular complexity index is 3190. The van der Waals surface area contributed by atoms with Crippen LogP contribution >= 0.6 is 11.3 Å². The van der Waals surface area contributed by atoms with Gasteiger partial charge in [-0.15, -0.1) is 11.3 Å². The summed E-state index contributed by atoms with van der Waals surface area (Å²) < 4.78 is 2.69. The number of anilines is 5. The van der Waals surface area contributed by atoms with Gasteiger partial charge in [0, 0.05) is 43.8 Å². The van der Waals surface area contributed by atoms with E-state index in [0.29, 0.717) is 0 Å². The second kappa shape index (κ2) is 14.4. The highest BCUT2D eigenvalue weighted by molar-refractivity contribution is 7.26. The lowest BCUT2D eigenvalue weighted by molar-refractivity contribution is 0.332. The predicted octanol–water partition coefficient (Wildman–Crippen LogP) is 16.6. The summed E-state index contributed by atoms with van der Waals surface area (Å²) in [7, 11) is 2.53. The van der Waals surface area contributed by atoms with E-state index in [1.165, 1.54) is 154 Å². The smallest absolute Gasteiger partial charge is 0.197 e. The van der Waals surface area contributed by atoms with Gasteiger partial charge in [-0.25, -0.2) is 0 Å². The highest BCUT2D eigenvalue weighted by Crippen LogP contribution is 2.54. The summed E-state index contributed by atoms with van der Waals surface area (Å²) in [4.78, 5) is 2.69. The Morgan fingerprint density at radius 3 is 1.71 bits per heavy atom. The fourth-order valence-corrected chi connectivity index (χ4v) is 14.0. The van der Waals surface area contributed by atoms with E-state index in [9.17, 15) is 0 Å². The van der Waals surface area contributed by atoms with Crippen LogP contribution in [-0.4, -0.2) is 7.28 Å². The van der Waals surface area contributed by atoms with Gasteiger partial charge in [0.25, 0.3) is 0 Å². The van der Waals surface area contributed by atoms with Gasteiger partial charge in [0.15, 0.2) is 7.28 Å². The van der Waals surface area contributed by atoms with Gasteiger partial charge < -0.3 is 10.2 Å². The first-order chi connectivity index (χ1) is 31.0. The molecule has 1 aromatic heterocycles. The second-order valence-electron chi connectivity index (χ2n) is 25.0. The Balaban J connectivity index is 1.18. The van der Waals surface area contributed by atoms with E-state index in [4.69, 9.17) is 0 Å². The van der Waals surface area contributed by atoms with Gasteiger partial charge in [-0.05, 0) is 183 Å². The minimum absolute atomic E-state index is 0.0550. The normalized spacial score (nSPS) is 20.1. The number of nitrogens with zero attached hydrogens (tertiary/aromatic N) is 1. The number of fused-ring (bicyclic) bond motifs is 9. The van der Waals surface area contributed by atoms with Crippen LogP contribution in [0.2, 0.25) is 0 Å². The minimum Gasteiger partial charge on any atom is -0.355 e. The number of nitrogens with one attached hydrogen (secondary N) is 1. The van der Waals surface area contributed by atoms with Gasteiger partial charge in [0.05, 0.1) is 10.4 Å². The maximum absolute atomic E-state index is 4.16. The van der Waals surface area contributed by atoms with Gasteiger partial charge in [0.1, 0.15) is 0 Å². The number of hydrogen-bond acceptors (Lipinski definition) is 3. The molecule has 3 aliphatic carbocycles. The van der Waals surface area contributed by atoms with E-state index in [0.717, 1.165) is 0 Å². The molecule has 4 heteroatoms. The molecule has 2 heterocycles. The summed E-state index contributed by atoms with van der Waals surface area (Å²) >= 11 is 1.94. The number of rotatable bonds is 4. The molecule has 0 bridgehead atoms. The summed E-state index contributed by atoms with van der Waals surface area (Å²) in [5.74, 6) is 0. The van der Waals surface area contributed by atoms with E-state index in [2.05, 4.69) is 205 Å². The molecule has 1 aliphatic heterocycles. The Morgan fingerprint density at radius 1 is 0.500 bits per heavy atom. The third kappa shape index (κ3) is 6.69. The van der Waals surface area contributed by atoms with E-state index < -0.39 is 0 Å². The topological polar surface area (TPSA) is 15.3 Å². The van der Waals surface area contributed by atoms with Gasteiger partial charge >= 0.3 is 0 Å². The molecular weight excluding hydrogens is 816 g/mol. The monoisotopic (exact) mass is 886 g/mol. The highest BCUT2D eigenvalue weighted by atomic mass is 32.1. The molecule has 11 rings (SSSR count). The number of hydrogen-bond donors (Lipinski definition) is 1. The summed E-state index contributed by atoms with van der Waals surface area (Å²) in [5.41, 5.74) is 23.5. The number of benzene rings is 6. The molecule has 0 saturated carbocycles. The molecule has 2 nitrogen and oxygen atoms in total. The van der Waals surface area contributed by atoms with Gasteiger partial charge in [0.2, 0.25) is 0 Å². The molecule has 0 atom stereocenters. The van der Waals surface area contributed by atoms with Gasteiger partial charge in [-0.3, -0.25) is 0 Å². The van der Waals surface area contributed by atoms with Crippen LogP contribution in [0.5, 0.6) is 0 Å². The van der Waals surface area contributed by atoms with Crippen molar-refractivity contribution < 1.29 is 0 Å². The van der Waals surface area contributed by atoms with Crippen molar-refractivity contribution in [2.24, 2.45) is 0 Å². The molecule has 66 heavy (non-hydrogen) atoms. The standard InChI is InChI=1S/C62H70BN2S/c1-36-29-42(41-33-46-47(61(11,12)27-26-60(46,9)10)34-50(41)64-38-19-21-43-45(32-38)59(7,8)24-23-57(43,3)4)54-52(30-36)65(51-35-48-44(31-37(51)2)58(5,6)25-28-62(48,13)14)55-49(63-54)22-20-40-39-17-15-16-18-53(39)66-56(40)55/h15-22,29-35,64H,23-28H2,1-14H3. The molecule has 6 aromatic carbocycles. The second-order valence-corrected chi connectivity index (χ2v) is 26.1. The summed E-state index contributed by atoms with van der Waals surface area (Å²) in [6, 6.07) is 36.3. The minimum atomic E-state index is 0.0550. The van der Waals surface area contributed by atoms with Crippen molar-refractivity contribution in [3.63, 3.8) is 0 Å². The zero-order valence-corrected chi connectivity index (χ0v) is 43.2. The molecule has 0 unspecified atom stereocenters. The van der Waals surface area contributed by atoms with Crippen molar-refractivity contribution in [1.29, 1.82) is 0 Å². The largest absolute Gasteiger partial charge is 0.355 e. The molecule has 1 N–H and O–H groups in total.